The molecule has 0 bridgehead atoms. The van der Waals surface area contributed by atoms with E-state index in [-0.39, 0.29) is 0 Å². The number of hydrogen-bond acceptors (Lipinski definition) is 4. The number of aryl methyl sites for hydroxylation is 1. The molecule has 0 aliphatic rings. The van der Waals surface area contributed by atoms with E-state index in [9.17, 15) is 0 Å². The number of fused-ring (bicyclic) bond motifs is 1. The second kappa shape index (κ2) is 7.72. The molecule has 2 heterocycles. The van der Waals surface area contributed by atoms with Gasteiger partial charge >= 0.3 is 0 Å². The fraction of sp³-hybridized carbons (Fsp3) is 0.190. The van der Waals surface area contributed by atoms with Gasteiger partial charge in [0, 0.05) is 29.4 Å². The molecule has 4 aromatic rings. The summed E-state index contributed by atoms with van der Waals surface area (Å²) in [4.78, 5) is 5.67. The fourth-order valence-corrected chi connectivity index (χ4v) is 4.00. The van der Waals surface area contributed by atoms with Crippen LogP contribution in [-0.2, 0) is 11.3 Å². The molecule has 4 nitrogen and oxygen atoms in total. The van der Waals surface area contributed by atoms with Crippen molar-refractivity contribution in [2.24, 2.45) is 4.99 Å². The first-order valence-corrected chi connectivity index (χ1v) is 9.88. The summed E-state index contributed by atoms with van der Waals surface area (Å²) < 4.78 is 13.5. The molecule has 2 aromatic heterocycles. The molecule has 2 aromatic carbocycles. The minimum atomic E-state index is 0.589. The van der Waals surface area contributed by atoms with Gasteiger partial charge in [0.1, 0.15) is 5.58 Å². The molecule has 4 rings (SSSR count). The van der Waals surface area contributed by atoms with Gasteiger partial charge in [-0.05, 0) is 36.8 Å². The summed E-state index contributed by atoms with van der Waals surface area (Å²) in [7, 11) is 1.70. The van der Waals surface area contributed by atoms with Gasteiger partial charge in [0.05, 0.1) is 18.0 Å². The number of aromatic nitrogens is 1. The summed E-state index contributed by atoms with van der Waals surface area (Å²) >= 11 is 7.83. The zero-order valence-electron chi connectivity index (χ0n) is 15.1. The minimum Gasteiger partial charge on any atom is -0.454 e. The number of benzene rings is 2. The molecule has 27 heavy (non-hydrogen) atoms. The lowest BCUT2D eigenvalue weighted by atomic mass is 10.2. The van der Waals surface area contributed by atoms with Crippen LogP contribution in [0.3, 0.4) is 0 Å². The maximum Gasteiger partial charge on any atom is 0.190 e. The lowest BCUT2D eigenvalue weighted by Gasteiger charge is -2.06. The Hall–Kier alpha value is -2.34. The van der Waals surface area contributed by atoms with Crippen molar-refractivity contribution in [3.8, 4) is 11.5 Å². The molecule has 0 spiro atoms. The molecule has 0 aliphatic carbocycles. The number of furan rings is 1. The summed E-state index contributed by atoms with van der Waals surface area (Å²) in [6, 6.07) is 15.9. The topological polar surface area (TPSA) is 39.7 Å². The highest BCUT2D eigenvalue weighted by molar-refractivity contribution is 7.07. The minimum absolute atomic E-state index is 0.589. The number of methoxy groups -OCH3 is 1. The molecule has 0 amide bonds. The van der Waals surface area contributed by atoms with Crippen LogP contribution in [0.15, 0.2) is 63.3 Å². The van der Waals surface area contributed by atoms with Gasteiger partial charge < -0.3 is 13.7 Å². The predicted octanol–water partition coefficient (Wildman–Crippen LogP) is 5.80. The van der Waals surface area contributed by atoms with Gasteiger partial charge in [-0.25, -0.2) is 4.99 Å². The molecule has 0 unspecified atom stereocenters. The average molecular weight is 399 g/mol. The molecule has 0 saturated heterocycles. The summed E-state index contributed by atoms with van der Waals surface area (Å²) in [6.45, 7) is 3.26. The van der Waals surface area contributed by atoms with E-state index in [2.05, 4.69) is 16.0 Å². The summed E-state index contributed by atoms with van der Waals surface area (Å²) in [5, 5.41) is 3.87. The van der Waals surface area contributed by atoms with Crippen LogP contribution in [0.5, 0.6) is 0 Å². The van der Waals surface area contributed by atoms with E-state index in [1.807, 2.05) is 49.4 Å². The zero-order chi connectivity index (χ0) is 18.8. The molecule has 6 heteroatoms. The van der Waals surface area contributed by atoms with Gasteiger partial charge in [-0.15, -0.1) is 11.3 Å². The Bertz CT molecular complexity index is 1120. The summed E-state index contributed by atoms with van der Waals surface area (Å²) in [6.07, 6.45) is 0. The lowest BCUT2D eigenvalue weighted by Crippen LogP contribution is -2.18. The third-order valence-electron chi connectivity index (χ3n) is 4.37. The molecule has 0 N–H and O–H groups in total. The smallest absolute Gasteiger partial charge is 0.190 e. The van der Waals surface area contributed by atoms with E-state index in [1.165, 1.54) is 0 Å². The Morgan fingerprint density at radius 1 is 1.19 bits per heavy atom. The van der Waals surface area contributed by atoms with Crippen molar-refractivity contribution >= 4 is 39.6 Å². The Morgan fingerprint density at radius 2 is 2.04 bits per heavy atom. The van der Waals surface area contributed by atoms with E-state index < -0.39 is 0 Å². The van der Waals surface area contributed by atoms with E-state index in [1.54, 1.807) is 18.4 Å². The van der Waals surface area contributed by atoms with Crippen molar-refractivity contribution in [3.05, 3.63) is 69.3 Å². The Morgan fingerprint density at radius 3 is 2.81 bits per heavy atom. The molecular formula is C21H19ClN2O2S. The highest BCUT2D eigenvalue weighted by atomic mass is 35.5. The van der Waals surface area contributed by atoms with E-state index in [0.717, 1.165) is 38.5 Å². The quantitative estimate of drug-likeness (QED) is 0.426. The van der Waals surface area contributed by atoms with Gasteiger partial charge in [-0.2, -0.15) is 0 Å². The molecule has 0 fully saturated rings. The van der Waals surface area contributed by atoms with Gasteiger partial charge in [0.15, 0.2) is 10.6 Å². The monoisotopic (exact) mass is 398 g/mol. The second-order valence-electron chi connectivity index (χ2n) is 6.24. The highest BCUT2D eigenvalue weighted by Crippen LogP contribution is 2.28. The maximum absolute atomic E-state index is 6.25. The first-order chi connectivity index (χ1) is 13.2. The summed E-state index contributed by atoms with van der Waals surface area (Å²) in [5.74, 6) is 0.826. The molecule has 0 radical (unpaired) electrons. The van der Waals surface area contributed by atoms with Crippen LogP contribution in [0, 0.1) is 6.92 Å². The SMILES string of the molecule is COCCn1c(-c2cc3ccccc3o2)csc1=Nc1ccc(C)c(Cl)c1. The van der Waals surface area contributed by atoms with Crippen LogP contribution < -0.4 is 4.80 Å². The maximum atomic E-state index is 6.25. The van der Waals surface area contributed by atoms with Crippen molar-refractivity contribution in [2.45, 2.75) is 13.5 Å². The van der Waals surface area contributed by atoms with E-state index in [4.69, 9.17) is 25.7 Å². The lowest BCUT2D eigenvalue weighted by molar-refractivity contribution is 0.187. The second-order valence-corrected chi connectivity index (χ2v) is 7.49. The van der Waals surface area contributed by atoms with Crippen LogP contribution in [0.1, 0.15) is 5.56 Å². The predicted molar refractivity (Wildman–Crippen MR) is 111 cm³/mol. The van der Waals surface area contributed by atoms with Crippen molar-refractivity contribution in [2.75, 3.05) is 13.7 Å². The Labute approximate surface area is 166 Å². The molecular weight excluding hydrogens is 380 g/mol. The van der Waals surface area contributed by atoms with Gasteiger partial charge in [-0.3, -0.25) is 0 Å². The van der Waals surface area contributed by atoms with Crippen LogP contribution >= 0.6 is 22.9 Å². The van der Waals surface area contributed by atoms with Crippen LogP contribution in [-0.4, -0.2) is 18.3 Å². The number of para-hydroxylation sites is 1. The van der Waals surface area contributed by atoms with E-state index >= 15 is 0 Å². The number of rotatable bonds is 5. The molecule has 0 aliphatic heterocycles. The third-order valence-corrected chi connectivity index (χ3v) is 5.65. The molecule has 138 valence electrons. The van der Waals surface area contributed by atoms with Crippen molar-refractivity contribution in [1.82, 2.24) is 4.57 Å². The summed E-state index contributed by atoms with van der Waals surface area (Å²) in [5.41, 5.74) is 3.73. The Balaban J connectivity index is 1.83. The van der Waals surface area contributed by atoms with Gasteiger partial charge in [-0.1, -0.05) is 35.9 Å². The standard InChI is InChI=1S/C21H19ClN2O2S/c1-14-7-8-16(12-17(14)22)23-21-24(9-10-25-2)18(13-27-21)20-11-15-5-3-4-6-19(15)26-20/h3-8,11-13H,9-10H2,1-2H3. The van der Waals surface area contributed by atoms with Crippen LogP contribution in [0.2, 0.25) is 5.02 Å². The van der Waals surface area contributed by atoms with Crippen LogP contribution in [0.25, 0.3) is 22.4 Å². The van der Waals surface area contributed by atoms with Crippen LogP contribution in [0.4, 0.5) is 5.69 Å². The zero-order valence-corrected chi connectivity index (χ0v) is 16.7. The number of nitrogens with zero attached hydrogens (tertiary/aromatic N) is 2. The number of thiazole rings is 1. The number of halogens is 1. The first kappa shape index (κ1) is 18.0. The number of ether oxygens (including phenoxy) is 1. The number of hydrogen-bond donors (Lipinski definition) is 0. The van der Waals surface area contributed by atoms with Crippen molar-refractivity contribution < 1.29 is 9.15 Å². The third kappa shape index (κ3) is 3.72. The van der Waals surface area contributed by atoms with Crippen molar-refractivity contribution in [1.29, 1.82) is 0 Å². The van der Waals surface area contributed by atoms with Crippen molar-refractivity contribution in [3.63, 3.8) is 0 Å². The largest absolute Gasteiger partial charge is 0.454 e. The van der Waals surface area contributed by atoms with Gasteiger partial charge in [0.2, 0.25) is 0 Å². The molecule has 0 atom stereocenters. The fourth-order valence-electron chi connectivity index (χ4n) is 2.89. The average Bonchev–Trinajstić information content (AvgIpc) is 3.26. The van der Waals surface area contributed by atoms with E-state index in [0.29, 0.717) is 18.2 Å². The Kier molecular flexibility index (Phi) is 5.16. The van der Waals surface area contributed by atoms with Gasteiger partial charge in [0.25, 0.3) is 0 Å². The highest BCUT2D eigenvalue weighted by Gasteiger charge is 2.13. The molecule has 0 saturated carbocycles. The first-order valence-electron chi connectivity index (χ1n) is 8.63. The normalized spacial score (nSPS) is 12.2.